The number of rotatable bonds is 3. The molecule has 0 radical (unpaired) electrons. The fraction of sp³-hybridized carbons (Fsp3) is 0.200. The van der Waals surface area contributed by atoms with E-state index in [1.54, 1.807) is 18.2 Å². The second-order valence-electron chi connectivity index (χ2n) is 4.58. The summed E-state index contributed by atoms with van der Waals surface area (Å²) in [4.78, 5) is 16.4. The van der Waals surface area contributed by atoms with Gasteiger partial charge in [0.2, 0.25) is 0 Å². The van der Waals surface area contributed by atoms with Crippen molar-refractivity contribution in [3.63, 3.8) is 0 Å². The second kappa shape index (κ2) is 5.61. The number of carbonyl (C=O) groups is 1. The number of anilines is 2. The number of nitrogens with one attached hydrogen (secondary N) is 1. The average molecular weight is 271 g/mol. The number of pyridine rings is 1. The molecule has 0 spiro atoms. The van der Waals surface area contributed by atoms with Crippen LogP contribution in [0.4, 0.5) is 11.5 Å². The molecule has 0 fully saturated rings. The standard InChI is InChI=1S/C15H17N3O2/c1-9-6-10(2)17-14(7-9)18-15(19)11-4-5-12(16)13(8-11)20-3/h4-8H,16H2,1-3H3,(H,17,18,19). The van der Waals surface area contributed by atoms with E-state index in [-0.39, 0.29) is 5.91 Å². The molecule has 0 bridgehead atoms. The van der Waals surface area contributed by atoms with Gasteiger partial charge in [0.15, 0.2) is 0 Å². The van der Waals surface area contributed by atoms with Gasteiger partial charge in [-0.15, -0.1) is 0 Å². The van der Waals surface area contributed by atoms with E-state index >= 15 is 0 Å². The highest BCUT2D eigenvalue weighted by molar-refractivity contribution is 6.04. The minimum Gasteiger partial charge on any atom is -0.495 e. The number of nitrogens with two attached hydrogens (primary N) is 1. The van der Waals surface area contributed by atoms with E-state index in [9.17, 15) is 4.79 Å². The van der Waals surface area contributed by atoms with Crippen molar-refractivity contribution in [2.75, 3.05) is 18.2 Å². The first-order chi connectivity index (χ1) is 9.49. The molecule has 2 rings (SSSR count). The van der Waals surface area contributed by atoms with E-state index in [0.717, 1.165) is 11.3 Å². The van der Waals surface area contributed by atoms with E-state index in [1.165, 1.54) is 7.11 Å². The molecule has 3 N–H and O–H groups in total. The predicted octanol–water partition coefficient (Wildman–Crippen LogP) is 2.54. The molecule has 1 heterocycles. The number of ether oxygens (including phenoxy) is 1. The van der Waals surface area contributed by atoms with Crippen molar-refractivity contribution >= 4 is 17.4 Å². The fourth-order valence-electron chi connectivity index (χ4n) is 1.95. The van der Waals surface area contributed by atoms with Crippen molar-refractivity contribution in [2.45, 2.75) is 13.8 Å². The van der Waals surface area contributed by atoms with Crippen LogP contribution in [0.15, 0.2) is 30.3 Å². The number of hydrogen-bond donors (Lipinski definition) is 2. The summed E-state index contributed by atoms with van der Waals surface area (Å²) >= 11 is 0. The number of nitrogens with zero attached hydrogens (tertiary/aromatic N) is 1. The highest BCUT2D eigenvalue weighted by Crippen LogP contribution is 2.22. The molecule has 5 nitrogen and oxygen atoms in total. The molecule has 0 atom stereocenters. The number of methoxy groups -OCH3 is 1. The van der Waals surface area contributed by atoms with E-state index in [0.29, 0.717) is 22.8 Å². The fourth-order valence-corrected chi connectivity index (χ4v) is 1.95. The summed E-state index contributed by atoms with van der Waals surface area (Å²) < 4.78 is 5.10. The lowest BCUT2D eigenvalue weighted by Gasteiger charge is -2.09. The lowest BCUT2D eigenvalue weighted by atomic mass is 10.1. The normalized spacial score (nSPS) is 10.2. The number of benzene rings is 1. The summed E-state index contributed by atoms with van der Waals surface area (Å²) in [6.45, 7) is 3.84. The van der Waals surface area contributed by atoms with Gasteiger partial charge in [-0.2, -0.15) is 0 Å². The lowest BCUT2D eigenvalue weighted by molar-refractivity contribution is 0.102. The Balaban J connectivity index is 2.23. The maximum Gasteiger partial charge on any atom is 0.256 e. The summed E-state index contributed by atoms with van der Waals surface area (Å²) in [7, 11) is 1.51. The van der Waals surface area contributed by atoms with E-state index in [4.69, 9.17) is 10.5 Å². The summed E-state index contributed by atoms with van der Waals surface area (Å²) in [6.07, 6.45) is 0. The van der Waals surface area contributed by atoms with Crippen LogP contribution in [0.25, 0.3) is 0 Å². The molecule has 0 unspecified atom stereocenters. The van der Waals surface area contributed by atoms with Crippen molar-refractivity contribution in [1.29, 1.82) is 0 Å². The zero-order chi connectivity index (χ0) is 14.7. The largest absolute Gasteiger partial charge is 0.495 e. The third kappa shape index (κ3) is 3.06. The van der Waals surface area contributed by atoms with Gasteiger partial charge in [-0.1, -0.05) is 0 Å². The van der Waals surface area contributed by atoms with E-state index in [1.807, 2.05) is 26.0 Å². The Morgan fingerprint density at radius 1 is 1.25 bits per heavy atom. The number of carbonyl (C=O) groups excluding carboxylic acids is 1. The first-order valence-corrected chi connectivity index (χ1v) is 6.20. The number of amides is 1. The Bertz CT molecular complexity index is 633. The minimum atomic E-state index is -0.249. The summed E-state index contributed by atoms with van der Waals surface area (Å²) in [5.74, 6) is 0.759. The van der Waals surface area contributed by atoms with Gasteiger partial charge >= 0.3 is 0 Å². The molecule has 2 aromatic rings. The Kier molecular flexibility index (Phi) is 3.89. The van der Waals surface area contributed by atoms with Crippen molar-refractivity contribution in [3.05, 3.63) is 47.2 Å². The second-order valence-corrected chi connectivity index (χ2v) is 4.58. The summed E-state index contributed by atoms with van der Waals surface area (Å²) in [6, 6.07) is 8.66. The maximum atomic E-state index is 12.2. The van der Waals surface area contributed by atoms with Gasteiger partial charge in [-0.3, -0.25) is 4.79 Å². The predicted molar refractivity (Wildman–Crippen MR) is 79.1 cm³/mol. The molecule has 1 aromatic carbocycles. The molecular formula is C15H17N3O2. The lowest BCUT2D eigenvalue weighted by Crippen LogP contribution is -2.13. The third-order valence-electron chi connectivity index (χ3n) is 2.84. The average Bonchev–Trinajstić information content (AvgIpc) is 2.37. The monoisotopic (exact) mass is 271 g/mol. The molecule has 0 aliphatic rings. The Hall–Kier alpha value is -2.56. The smallest absolute Gasteiger partial charge is 0.256 e. The van der Waals surface area contributed by atoms with Gasteiger partial charge in [-0.25, -0.2) is 4.98 Å². The molecule has 0 aliphatic carbocycles. The molecule has 1 amide bonds. The van der Waals surface area contributed by atoms with Gasteiger partial charge in [0.05, 0.1) is 12.8 Å². The van der Waals surface area contributed by atoms with Gasteiger partial charge in [0.1, 0.15) is 11.6 Å². The van der Waals surface area contributed by atoms with Gasteiger partial charge in [-0.05, 0) is 49.7 Å². The van der Waals surface area contributed by atoms with Crippen LogP contribution in [0, 0.1) is 13.8 Å². The molecule has 5 heteroatoms. The van der Waals surface area contributed by atoms with Gasteiger partial charge < -0.3 is 15.8 Å². The van der Waals surface area contributed by atoms with Crippen LogP contribution in [0.5, 0.6) is 5.75 Å². The van der Waals surface area contributed by atoms with Crippen molar-refractivity contribution in [3.8, 4) is 5.75 Å². The molecule has 0 aliphatic heterocycles. The summed E-state index contributed by atoms with van der Waals surface area (Å²) in [5, 5.41) is 2.76. The Labute approximate surface area is 117 Å². The highest BCUT2D eigenvalue weighted by Gasteiger charge is 2.10. The number of aryl methyl sites for hydroxylation is 2. The minimum absolute atomic E-state index is 0.249. The first kappa shape index (κ1) is 13.9. The molecule has 0 saturated heterocycles. The third-order valence-corrected chi connectivity index (χ3v) is 2.84. The van der Waals surface area contributed by atoms with E-state index in [2.05, 4.69) is 10.3 Å². The zero-order valence-electron chi connectivity index (χ0n) is 11.7. The summed E-state index contributed by atoms with van der Waals surface area (Å²) in [5.41, 5.74) is 8.59. The SMILES string of the molecule is COc1cc(C(=O)Nc2cc(C)cc(C)n2)ccc1N. The quantitative estimate of drug-likeness (QED) is 0.841. The molecule has 1 aromatic heterocycles. The number of nitrogen functional groups attached to an aromatic ring is 1. The Morgan fingerprint density at radius 2 is 2.00 bits per heavy atom. The maximum absolute atomic E-state index is 12.2. The highest BCUT2D eigenvalue weighted by atomic mass is 16.5. The van der Waals surface area contributed by atoms with Gasteiger partial charge in [0.25, 0.3) is 5.91 Å². The number of hydrogen-bond acceptors (Lipinski definition) is 4. The molecule has 104 valence electrons. The van der Waals surface area contributed by atoms with Crippen LogP contribution >= 0.6 is 0 Å². The first-order valence-electron chi connectivity index (χ1n) is 6.20. The topological polar surface area (TPSA) is 77.2 Å². The van der Waals surface area contributed by atoms with Crippen molar-refractivity contribution < 1.29 is 9.53 Å². The van der Waals surface area contributed by atoms with Crippen LogP contribution in [0.2, 0.25) is 0 Å². The van der Waals surface area contributed by atoms with Gasteiger partial charge in [0, 0.05) is 11.3 Å². The Morgan fingerprint density at radius 3 is 2.65 bits per heavy atom. The van der Waals surface area contributed by atoms with Crippen LogP contribution in [-0.4, -0.2) is 18.0 Å². The molecule has 0 saturated carbocycles. The van der Waals surface area contributed by atoms with Crippen LogP contribution < -0.4 is 15.8 Å². The van der Waals surface area contributed by atoms with Crippen LogP contribution in [0.1, 0.15) is 21.6 Å². The zero-order valence-corrected chi connectivity index (χ0v) is 11.7. The van der Waals surface area contributed by atoms with Crippen LogP contribution in [0.3, 0.4) is 0 Å². The molecular weight excluding hydrogens is 254 g/mol. The van der Waals surface area contributed by atoms with Crippen molar-refractivity contribution in [2.24, 2.45) is 0 Å². The van der Waals surface area contributed by atoms with Crippen LogP contribution in [-0.2, 0) is 0 Å². The molecule has 20 heavy (non-hydrogen) atoms. The van der Waals surface area contributed by atoms with E-state index < -0.39 is 0 Å². The number of aromatic nitrogens is 1. The van der Waals surface area contributed by atoms with Crippen molar-refractivity contribution in [1.82, 2.24) is 4.98 Å².